The van der Waals surface area contributed by atoms with Gasteiger partial charge in [0, 0.05) is 190 Å². The lowest BCUT2D eigenvalue weighted by molar-refractivity contribution is 0.0983. The van der Waals surface area contributed by atoms with E-state index in [2.05, 4.69) is 258 Å². The van der Waals surface area contributed by atoms with E-state index in [9.17, 15) is 4.79 Å². The van der Waals surface area contributed by atoms with E-state index in [0.29, 0.717) is 12.1 Å². The van der Waals surface area contributed by atoms with Gasteiger partial charge in [0.25, 0.3) is 0 Å². The van der Waals surface area contributed by atoms with Crippen molar-refractivity contribution in [1.82, 2.24) is 128 Å². The average molecular weight is 1890 g/mol. The third-order valence-corrected chi connectivity index (χ3v) is 19.1. The highest BCUT2D eigenvalue weighted by molar-refractivity contribution is 5.93. The van der Waals surface area contributed by atoms with Crippen molar-refractivity contribution in [3.05, 3.63) is 258 Å². The van der Waals surface area contributed by atoms with E-state index < -0.39 is 0 Å². The Kier molecular flexibility index (Phi) is 97.1. The number of nitrogens with zero attached hydrogens (tertiary/aromatic N) is 16. The molecule has 14 aromatic rings. The van der Waals surface area contributed by atoms with Gasteiger partial charge in [0.1, 0.15) is 34.8 Å². The number of aromatic nitrogens is 26. The molecule has 0 spiro atoms. The Morgan fingerprint density at radius 3 is 1.06 bits per heavy atom. The summed E-state index contributed by atoms with van der Waals surface area (Å²) < 4.78 is 5.79. The van der Waals surface area contributed by atoms with Crippen molar-refractivity contribution >= 4 is 5.78 Å². The predicted molar refractivity (Wildman–Crippen MR) is 587 cm³/mol. The molecule has 0 fully saturated rings. The van der Waals surface area contributed by atoms with Crippen LogP contribution < -0.4 is 0 Å². The number of nitrogens with one attached hydrogen (secondary N) is 10. The molecule has 0 aliphatic rings. The first-order chi connectivity index (χ1) is 61.2. The van der Waals surface area contributed by atoms with Crippen LogP contribution >= 0.6 is 0 Å². The summed E-state index contributed by atoms with van der Waals surface area (Å²) in [4.78, 5) is 95.8. The van der Waals surface area contributed by atoms with Gasteiger partial charge < -0.3 is 63.5 Å². The lowest BCUT2D eigenvalue weighted by atomic mass is 10.2. The minimum Gasteiger partial charge on any atom is -0.349 e. The molecule has 0 bridgehead atoms. The number of aromatic amines is 10. The fourth-order valence-corrected chi connectivity index (χ4v) is 11.9. The smallest absolute Gasteiger partial charge is 0.182 e. The van der Waals surface area contributed by atoms with Gasteiger partial charge in [-0.3, -0.25) is 4.79 Å². The van der Waals surface area contributed by atoms with Crippen LogP contribution in [-0.2, 0) is 124 Å². The molecule has 0 atom stereocenters. The number of aryl methyl sites for hydroxylation is 21. The first-order valence-electron chi connectivity index (χ1n) is 46.8. The molecule has 27 nitrogen and oxygen atoms in total. The van der Waals surface area contributed by atoms with Crippen LogP contribution in [0.1, 0.15) is 402 Å². The van der Waals surface area contributed by atoms with E-state index in [1.807, 2.05) is 124 Å². The molecule has 0 aliphatic heterocycles. The van der Waals surface area contributed by atoms with Gasteiger partial charge in [-0.05, 0) is 110 Å². The quantitative estimate of drug-likeness (QED) is 0.0171. The lowest BCUT2D eigenvalue weighted by Crippen LogP contribution is -1.95. The summed E-state index contributed by atoms with van der Waals surface area (Å²) in [5, 5.41) is 0. The largest absolute Gasteiger partial charge is 0.349 e. The van der Waals surface area contributed by atoms with Crippen LogP contribution in [0, 0.1) is 13.8 Å². The fraction of sp³-hybridized carbons (Fsp3) is 0.578. The topological polar surface area (TPSA) is 357 Å². The highest BCUT2D eigenvalue weighted by Crippen LogP contribution is 2.16. The van der Waals surface area contributed by atoms with E-state index in [1.54, 1.807) is 48.7 Å². The summed E-state index contributed by atoms with van der Waals surface area (Å²) in [7, 11) is 5.85. The van der Waals surface area contributed by atoms with E-state index in [1.165, 1.54) is 163 Å². The molecule has 13 aromatic heterocycles. The number of imidazole rings is 13. The Hall–Kier alpha value is -11.4. The number of hydrogen-bond acceptors (Lipinski definition) is 14. The normalized spacial score (nSPS) is 9.31. The zero-order valence-electron chi connectivity index (χ0n) is 81.3. The number of ketones is 1. The fourth-order valence-electron chi connectivity index (χ4n) is 11.9. The molecule has 0 saturated carbocycles. The number of Topliss-reactive ketones (excluding diaryl/α,β-unsaturated/α-hetero) is 1. The number of hydrogen-bond donors (Lipinski definition) is 10. The van der Waals surface area contributed by atoms with Gasteiger partial charge >= 0.3 is 0 Å². The van der Waals surface area contributed by atoms with Crippen LogP contribution in [0.4, 0.5) is 0 Å². The molecule has 10 N–H and O–H groups in total. The molecular weight excluding hydrogens is 1690 g/mol. The zero-order valence-corrected chi connectivity index (χ0v) is 81.3. The molecule has 13 heterocycles. The molecule has 1 aromatic carbocycles. The lowest BCUT2D eigenvalue weighted by Gasteiger charge is -1.95. The first-order valence-corrected chi connectivity index (χ1v) is 46.8. The number of H-pyrrole nitrogens is 10. The molecule has 0 radical (unpaired) electrons. The standard InChI is InChI=1S/C12H14N2.C10H18N2.C9H16N2.3C8H14N2.C7H10N2O.2C7H12N2.3C6H10N2.C5H8N2.10CH4/c1-2-6-11-9-13-12(14-11)10-7-4-3-5-8-10;1-3-5-7-10-11-8-9(12-10)6-4-2;1-4-6-8-7(3)10-9(5-2)11-8;1-3-4-5-8-6-10(2)7-9-8;2*1-3-5-7-6-9-8(4-2)10-7;1-3-7(10)6-4-9(2)5-8-6;1-3-4-7-6(2)8-5-9-7;1-2-3-4-7-5-8-6-9-7;1-3-6-4-7-5-8(6)2;2*1-2-3-6-4-7-5-8-6;1-2-5-3-6-4-7-5;;;;;;;;;;/h3-5,7-9H,2,6H2,1H3,(H,13,14);8H,3-7H2,1-2H3,(H,11,12);4-6H2,1-3H3,(H,10,11);6-7H,3-5H2,1-2H3;2*6H,3-5H2,1-2H3,(H,9,10);4-5H,3H2,1-2H3;5H,3-4H2,1-2H3,(H,8,9);5-6H,2-4H2,1H3,(H,8,9);4-5H,3H2,1-2H3;2*4-5H,2-3H2,1H3,(H,7,8);3-4H,2H2,1H3,(H,6,7);10*1H4. The minimum absolute atomic E-state index is 0. The molecule has 136 heavy (non-hydrogen) atoms. The van der Waals surface area contributed by atoms with Crippen molar-refractivity contribution in [2.45, 2.75) is 405 Å². The summed E-state index contributed by atoms with van der Waals surface area (Å²) in [6.45, 7) is 40.5. The highest BCUT2D eigenvalue weighted by atomic mass is 16.1. The van der Waals surface area contributed by atoms with Crippen LogP contribution in [0.5, 0.6) is 0 Å². The Bertz CT molecular complexity index is 4610. The Labute approximate surface area is 829 Å². The van der Waals surface area contributed by atoms with Gasteiger partial charge in [-0.1, -0.05) is 293 Å². The summed E-state index contributed by atoms with van der Waals surface area (Å²) in [6.07, 6.45) is 69.5. The van der Waals surface area contributed by atoms with Gasteiger partial charge in [0.15, 0.2) is 5.78 Å². The second-order valence-electron chi connectivity index (χ2n) is 30.5. The maximum absolute atomic E-state index is 11.0. The third kappa shape index (κ3) is 65.3. The molecule has 0 saturated heterocycles. The number of carbonyl (C=O) groups excluding carboxylic acids is 1. The van der Waals surface area contributed by atoms with E-state index in [4.69, 9.17) is 0 Å². The van der Waals surface area contributed by atoms with Crippen molar-refractivity contribution in [2.75, 3.05) is 0 Å². The van der Waals surface area contributed by atoms with E-state index >= 15 is 0 Å². The monoisotopic (exact) mass is 1890 g/mol. The Balaban J connectivity index is -0.000000183. The maximum Gasteiger partial charge on any atom is 0.182 e. The molecule has 27 heteroatoms. The minimum atomic E-state index is 0. The SMILES string of the molecule is C.C.C.C.C.C.C.C.C.C.CCC(=O)c1cn(C)cn1.CCCCc1cn(C)cn1.CCCCc1cnc[nH]1.CCCCc1ncc(CCC)[nH]1.CCCc1cnc(-c2ccccc2)[nH]1.CCCc1cnc(CC)[nH]1.CCCc1cnc(CC)[nH]1.CCCc1cnc[nH]1.CCCc1cnc[nH]1.CCCc1nc(CC)[nH]c1C.CCCc1nc[nH]c1C.CCc1cnc[nH]1.CCc1cncn1C. The van der Waals surface area contributed by atoms with Crippen LogP contribution in [0.3, 0.4) is 0 Å². The van der Waals surface area contributed by atoms with Gasteiger partial charge in [-0.15, -0.1) is 0 Å². The van der Waals surface area contributed by atoms with Crippen molar-refractivity contribution in [3.63, 3.8) is 0 Å². The molecule has 774 valence electrons. The van der Waals surface area contributed by atoms with Crippen molar-refractivity contribution < 1.29 is 4.79 Å². The maximum atomic E-state index is 11.0. The predicted octanol–water partition coefficient (Wildman–Crippen LogP) is 29.1. The van der Waals surface area contributed by atoms with Crippen molar-refractivity contribution in [1.29, 1.82) is 0 Å². The summed E-state index contributed by atoms with van der Waals surface area (Å²) >= 11 is 0. The van der Waals surface area contributed by atoms with E-state index in [-0.39, 0.29) is 80.0 Å². The van der Waals surface area contributed by atoms with Gasteiger partial charge in [-0.25, -0.2) is 64.8 Å². The second-order valence-corrected chi connectivity index (χ2v) is 30.5. The van der Waals surface area contributed by atoms with Crippen LogP contribution in [-0.4, -0.2) is 134 Å². The highest BCUT2D eigenvalue weighted by Gasteiger charge is 2.07. The molecular formula is C109H202N26O. The van der Waals surface area contributed by atoms with Gasteiger partial charge in [0.05, 0.1) is 67.7 Å². The molecule has 0 aliphatic carbocycles. The number of rotatable bonds is 33. The average Bonchev–Trinajstić information content (AvgIpc) is 1.72. The number of benzene rings is 1. The first kappa shape index (κ1) is 142. The molecule has 0 amide bonds. The third-order valence-electron chi connectivity index (χ3n) is 19.1. The summed E-state index contributed by atoms with van der Waals surface area (Å²) in [6, 6.07) is 10.2. The summed E-state index contributed by atoms with van der Waals surface area (Å²) in [5.74, 6) is 5.54. The Morgan fingerprint density at radius 2 is 0.713 bits per heavy atom. The van der Waals surface area contributed by atoms with Gasteiger partial charge in [-0.2, -0.15) is 0 Å². The molecule has 0 unspecified atom stereocenters. The number of unbranched alkanes of at least 4 members (excludes halogenated alkanes) is 3. The van der Waals surface area contributed by atoms with E-state index in [0.717, 1.165) is 144 Å². The van der Waals surface area contributed by atoms with Crippen molar-refractivity contribution in [3.8, 4) is 11.4 Å². The van der Waals surface area contributed by atoms with Crippen LogP contribution in [0.15, 0.2) is 149 Å². The second kappa shape index (κ2) is 92.7. The number of carbonyl (C=O) groups is 1. The van der Waals surface area contributed by atoms with Gasteiger partial charge in [0.2, 0.25) is 0 Å². The zero-order chi connectivity index (χ0) is 92.6. The Morgan fingerprint density at radius 1 is 0.309 bits per heavy atom. The van der Waals surface area contributed by atoms with Crippen molar-refractivity contribution in [2.24, 2.45) is 21.1 Å². The molecule has 14 rings (SSSR count). The van der Waals surface area contributed by atoms with Crippen LogP contribution in [0.25, 0.3) is 11.4 Å². The van der Waals surface area contributed by atoms with Crippen LogP contribution in [0.2, 0.25) is 0 Å². The summed E-state index contributed by atoms with van der Waals surface area (Å²) in [5.41, 5.74) is 19.0.